The molecule has 0 heterocycles. The minimum atomic E-state index is -4.28. The molecule has 11 heteroatoms. The number of carbonyl (C=O) groups is 1. The van der Waals surface area contributed by atoms with Crippen molar-refractivity contribution in [3.05, 3.63) is 0 Å². The highest BCUT2D eigenvalue weighted by Gasteiger charge is 2.34. The third-order valence-corrected chi connectivity index (χ3v) is 2.49. The fraction of sp³-hybridized carbons (Fsp3) is 0.667. The number of aliphatic hydroxyl groups is 1. The Morgan fingerprint density at radius 1 is 1.53 bits per heavy atom. The van der Waals surface area contributed by atoms with Gasteiger partial charge in [0.05, 0.1) is 13.2 Å². The third-order valence-electron chi connectivity index (χ3n) is 1.23. The second kappa shape index (κ2) is 7.07. The largest absolute Gasteiger partial charge is 0.610 e. The predicted molar refractivity (Wildman–Crippen MR) is 57.3 cm³/mol. The quantitative estimate of drug-likeness (QED) is 0.180. The molecule has 0 aromatic rings. The molecule has 17 heavy (non-hydrogen) atoms. The molecule has 0 saturated heterocycles. The molecule has 7 N–H and O–H groups in total. The lowest BCUT2D eigenvalue weighted by atomic mass is 10.3. The van der Waals surface area contributed by atoms with Gasteiger partial charge in [-0.05, 0) is 12.1 Å². The topological polar surface area (TPSA) is 172 Å². The standard InChI is InChI=1S/C6H15N4O6P/c1-2-14-17(13,16-10-6(8)9)15-5(12)4(7)3-11/h4,11H,2-3,7H2,1H3,(H4,8,9,10)/t4-,17?/m0/s1. The fourth-order valence-electron chi connectivity index (χ4n) is 0.574. The molecule has 0 aromatic heterocycles. The van der Waals surface area contributed by atoms with Crippen molar-refractivity contribution in [1.29, 1.82) is 0 Å². The zero-order chi connectivity index (χ0) is 13.5. The Hall–Kier alpha value is -1.35. The molecule has 0 amide bonds. The number of carbonyl (C=O) groups excluding carboxylic acids is 1. The van der Waals surface area contributed by atoms with Crippen LogP contribution in [-0.4, -0.2) is 36.3 Å². The second-order valence-corrected chi connectivity index (χ2v) is 4.16. The van der Waals surface area contributed by atoms with Gasteiger partial charge in [-0.15, -0.1) is 0 Å². The van der Waals surface area contributed by atoms with Crippen molar-refractivity contribution >= 4 is 19.8 Å². The van der Waals surface area contributed by atoms with Gasteiger partial charge in [-0.25, -0.2) is 9.36 Å². The zero-order valence-electron chi connectivity index (χ0n) is 9.11. The molecule has 0 rings (SSSR count). The van der Waals surface area contributed by atoms with E-state index in [9.17, 15) is 9.36 Å². The van der Waals surface area contributed by atoms with Gasteiger partial charge in [0.15, 0.2) is 0 Å². The summed E-state index contributed by atoms with van der Waals surface area (Å²) < 4.78 is 24.9. The predicted octanol–water partition coefficient (Wildman–Crippen LogP) is -1.80. The Kier molecular flexibility index (Phi) is 6.51. The second-order valence-electron chi connectivity index (χ2n) is 2.66. The molecule has 0 radical (unpaired) electrons. The molecule has 10 nitrogen and oxygen atoms in total. The highest BCUT2D eigenvalue weighted by molar-refractivity contribution is 7.49. The summed E-state index contributed by atoms with van der Waals surface area (Å²) in [5.41, 5.74) is 15.0. The maximum atomic E-state index is 11.7. The molecule has 0 bridgehead atoms. The number of phosphoric acid groups is 1. The van der Waals surface area contributed by atoms with E-state index in [-0.39, 0.29) is 6.61 Å². The van der Waals surface area contributed by atoms with Crippen molar-refractivity contribution in [2.45, 2.75) is 13.0 Å². The number of aliphatic hydroxyl groups excluding tert-OH is 1. The van der Waals surface area contributed by atoms with Crippen LogP contribution in [-0.2, 0) is 23.0 Å². The van der Waals surface area contributed by atoms with E-state index in [1.54, 1.807) is 0 Å². The lowest BCUT2D eigenvalue weighted by Gasteiger charge is -2.15. The number of phosphoric ester groups is 1. The van der Waals surface area contributed by atoms with Gasteiger partial charge in [0.2, 0.25) is 5.96 Å². The molecular weight excluding hydrogens is 255 g/mol. The first-order chi connectivity index (χ1) is 7.84. The Balaban J connectivity index is 4.67. The highest BCUT2D eigenvalue weighted by Crippen LogP contribution is 2.49. The molecule has 2 atom stereocenters. The lowest BCUT2D eigenvalue weighted by Crippen LogP contribution is -2.35. The Bertz CT molecular complexity index is 330. The minimum absolute atomic E-state index is 0.0844. The van der Waals surface area contributed by atoms with Crippen LogP contribution in [0.2, 0.25) is 0 Å². The number of nitrogens with two attached hydrogens (primary N) is 3. The van der Waals surface area contributed by atoms with Gasteiger partial charge in [-0.2, -0.15) is 0 Å². The number of oxime groups is 1. The van der Waals surface area contributed by atoms with E-state index in [2.05, 4.69) is 18.8 Å². The zero-order valence-corrected chi connectivity index (χ0v) is 10.0. The van der Waals surface area contributed by atoms with Crippen molar-refractivity contribution in [1.82, 2.24) is 0 Å². The van der Waals surface area contributed by atoms with Gasteiger partial charge in [0.25, 0.3) is 0 Å². The molecule has 0 aromatic carbocycles. The van der Waals surface area contributed by atoms with Crippen LogP contribution in [0.1, 0.15) is 6.92 Å². The van der Waals surface area contributed by atoms with E-state index < -0.39 is 32.4 Å². The Labute approximate surface area is 97.3 Å². The fourth-order valence-corrected chi connectivity index (χ4v) is 1.57. The average Bonchev–Trinajstić information content (AvgIpc) is 2.25. The summed E-state index contributed by atoms with van der Waals surface area (Å²) in [5.74, 6) is -1.71. The maximum Gasteiger partial charge on any atom is 0.610 e. The monoisotopic (exact) mass is 270 g/mol. The molecular formula is C6H15N4O6P. The van der Waals surface area contributed by atoms with E-state index in [1.165, 1.54) is 6.92 Å². The number of hydrogen-bond donors (Lipinski definition) is 4. The third kappa shape index (κ3) is 6.07. The number of rotatable bonds is 7. The lowest BCUT2D eigenvalue weighted by molar-refractivity contribution is -0.138. The summed E-state index contributed by atoms with van der Waals surface area (Å²) in [6, 6.07) is -1.37. The molecule has 1 unspecified atom stereocenters. The first-order valence-electron chi connectivity index (χ1n) is 4.46. The van der Waals surface area contributed by atoms with Gasteiger partial charge in [0, 0.05) is 0 Å². The normalized spacial score (nSPS) is 15.5. The van der Waals surface area contributed by atoms with Crippen LogP contribution < -0.4 is 17.2 Å². The van der Waals surface area contributed by atoms with Crippen LogP contribution in [0.15, 0.2) is 5.16 Å². The van der Waals surface area contributed by atoms with Crippen LogP contribution in [0.3, 0.4) is 0 Å². The molecule has 0 saturated carbocycles. The number of nitrogens with zero attached hydrogens (tertiary/aromatic N) is 1. The van der Waals surface area contributed by atoms with Gasteiger partial charge >= 0.3 is 13.8 Å². The summed E-state index contributed by atoms with van der Waals surface area (Å²) >= 11 is 0. The van der Waals surface area contributed by atoms with E-state index in [0.717, 1.165) is 0 Å². The van der Waals surface area contributed by atoms with Gasteiger partial charge in [0.1, 0.15) is 6.04 Å². The first-order valence-corrected chi connectivity index (χ1v) is 5.92. The smallest absolute Gasteiger partial charge is 0.394 e. The SMILES string of the molecule is CCOP(=O)(ON=C(N)N)OC(=O)[C@@H](N)CO. The number of hydrogen-bond acceptors (Lipinski definition) is 8. The van der Waals surface area contributed by atoms with Crippen molar-refractivity contribution in [2.75, 3.05) is 13.2 Å². The van der Waals surface area contributed by atoms with Crippen molar-refractivity contribution in [3.8, 4) is 0 Å². The summed E-state index contributed by atoms with van der Waals surface area (Å²) in [5, 5.41) is 11.5. The summed E-state index contributed by atoms with van der Waals surface area (Å²) in [7, 11) is -4.28. The Morgan fingerprint density at radius 2 is 2.12 bits per heavy atom. The molecule has 100 valence electrons. The van der Waals surface area contributed by atoms with Gasteiger partial charge in [-0.1, -0.05) is 0 Å². The van der Waals surface area contributed by atoms with Crippen LogP contribution >= 0.6 is 7.82 Å². The van der Waals surface area contributed by atoms with E-state index in [1.807, 2.05) is 0 Å². The average molecular weight is 270 g/mol. The van der Waals surface area contributed by atoms with Crippen molar-refractivity contribution in [2.24, 2.45) is 22.4 Å². The highest BCUT2D eigenvalue weighted by atomic mass is 31.2. The Morgan fingerprint density at radius 3 is 2.53 bits per heavy atom. The van der Waals surface area contributed by atoms with E-state index in [4.69, 9.17) is 22.3 Å². The molecule has 0 aliphatic carbocycles. The maximum absolute atomic E-state index is 11.7. The summed E-state index contributed by atoms with van der Waals surface area (Å²) in [4.78, 5) is 11.2. The minimum Gasteiger partial charge on any atom is -0.394 e. The molecule has 0 aliphatic heterocycles. The molecule has 0 fully saturated rings. The van der Waals surface area contributed by atoms with Gasteiger partial charge in [-0.3, -0.25) is 9.15 Å². The van der Waals surface area contributed by atoms with Gasteiger partial charge < -0.3 is 26.8 Å². The summed E-state index contributed by atoms with van der Waals surface area (Å²) in [6.07, 6.45) is 0. The molecule has 0 aliphatic rings. The van der Waals surface area contributed by atoms with Crippen molar-refractivity contribution < 1.29 is 28.1 Å². The van der Waals surface area contributed by atoms with Crippen molar-refractivity contribution in [3.63, 3.8) is 0 Å². The van der Waals surface area contributed by atoms with Crippen LogP contribution in [0.4, 0.5) is 0 Å². The number of guanidine groups is 1. The van der Waals surface area contributed by atoms with E-state index in [0.29, 0.717) is 0 Å². The van der Waals surface area contributed by atoms with Crippen LogP contribution in [0, 0.1) is 0 Å². The first kappa shape index (κ1) is 15.7. The van der Waals surface area contributed by atoms with E-state index >= 15 is 0 Å². The van der Waals surface area contributed by atoms with Crippen LogP contribution in [0.25, 0.3) is 0 Å². The summed E-state index contributed by atoms with van der Waals surface area (Å²) in [6.45, 7) is 0.706. The van der Waals surface area contributed by atoms with Crippen LogP contribution in [0.5, 0.6) is 0 Å². The molecule has 0 spiro atoms.